The molecule has 0 aromatic carbocycles. The summed E-state index contributed by atoms with van der Waals surface area (Å²) in [6, 6.07) is 5.38. The monoisotopic (exact) mass is 447 g/mol. The molecule has 3 aromatic rings. The lowest BCUT2D eigenvalue weighted by atomic mass is 9.99. The maximum atomic E-state index is 12.5. The molecule has 3 aromatic heterocycles. The highest BCUT2D eigenvalue weighted by Crippen LogP contribution is 2.34. The van der Waals surface area contributed by atoms with Crippen molar-refractivity contribution in [3.63, 3.8) is 0 Å². The number of likely N-dealkylation sites (N-methyl/N-ethyl adjacent to an activating group) is 1. The molecule has 10 nitrogen and oxygen atoms in total. The van der Waals surface area contributed by atoms with Gasteiger partial charge in [-0.1, -0.05) is 21.3 Å². The van der Waals surface area contributed by atoms with Gasteiger partial charge in [0.2, 0.25) is 11.9 Å². The molecule has 0 fully saturated rings. The second-order valence-corrected chi connectivity index (χ2v) is 8.18. The summed E-state index contributed by atoms with van der Waals surface area (Å²) in [6.45, 7) is 6.94. The van der Waals surface area contributed by atoms with E-state index < -0.39 is 0 Å². The number of aryl methyl sites for hydroxylation is 1. The van der Waals surface area contributed by atoms with E-state index in [9.17, 15) is 4.79 Å². The normalized spacial score (nSPS) is 14.8. The quantitative estimate of drug-likeness (QED) is 0.591. The van der Waals surface area contributed by atoms with Gasteiger partial charge < -0.3 is 15.5 Å². The highest BCUT2D eigenvalue weighted by Gasteiger charge is 2.35. The molecule has 0 saturated carbocycles. The average molecular weight is 448 g/mol. The smallest absolute Gasteiger partial charge is 0.247 e. The third-order valence-corrected chi connectivity index (χ3v) is 5.39. The zero-order chi connectivity index (χ0) is 22.8. The number of pyridine rings is 1. The lowest BCUT2D eigenvalue weighted by Gasteiger charge is -2.36. The number of hydrogen-bond acceptors (Lipinski definition) is 8. The van der Waals surface area contributed by atoms with Crippen molar-refractivity contribution in [1.29, 1.82) is 5.26 Å². The highest BCUT2D eigenvalue weighted by molar-refractivity contribution is 6.03. The van der Waals surface area contributed by atoms with Gasteiger partial charge in [-0.05, 0) is 30.5 Å². The van der Waals surface area contributed by atoms with Crippen LogP contribution in [0.15, 0.2) is 30.7 Å². The number of carbonyl (C=O) groups excluding carboxylic acids is 1. The molecule has 1 atom stereocenters. The molecule has 0 aliphatic carbocycles. The van der Waals surface area contributed by atoms with E-state index in [-0.39, 0.29) is 25.3 Å². The first-order valence-corrected chi connectivity index (χ1v) is 10.4. The summed E-state index contributed by atoms with van der Waals surface area (Å²) >= 11 is 0. The lowest BCUT2D eigenvalue weighted by Crippen LogP contribution is -2.49. The molecule has 10 heteroatoms. The van der Waals surface area contributed by atoms with Gasteiger partial charge in [-0.15, -0.1) is 0 Å². The zero-order valence-corrected chi connectivity index (χ0v) is 18.5. The predicted molar refractivity (Wildman–Crippen MR) is 127 cm³/mol. The molecular weight excluding hydrogens is 418 g/mol. The summed E-state index contributed by atoms with van der Waals surface area (Å²) in [5, 5.41) is 19.6. The minimum Gasteiger partial charge on any atom is -0.350 e. The van der Waals surface area contributed by atoms with Crippen molar-refractivity contribution < 1.29 is 4.79 Å². The van der Waals surface area contributed by atoms with Crippen molar-refractivity contribution in [3.05, 3.63) is 53.2 Å². The average Bonchev–Trinajstić information content (AvgIpc) is 3.20. The van der Waals surface area contributed by atoms with Crippen LogP contribution in [-0.4, -0.2) is 43.7 Å². The Morgan fingerprint density at radius 3 is 2.82 bits per heavy atom. The summed E-state index contributed by atoms with van der Waals surface area (Å²) in [5.74, 6) is 1.31. The molecule has 0 bridgehead atoms. The van der Waals surface area contributed by atoms with Crippen LogP contribution in [0.1, 0.15) is 43.8 Å². The second kappa shape index (κ2) is 9.65. The van der Waals surface area contributed by atoms with Crippen molar-refractivity contribution in [2.45, 2.75) is 47.3 Å². The fourth-order valence-corrected chi connectivity index (χ4v) is 3.88. The van der Waals surface area contributed by atoms with Gasteiger partial charge in [-0.3, -0.25) is 9.48 Å². The Bertz CT molecular complexity index is 1190. The van der Waals surface area contributed by atoms with E-state index in [0.29, 0.717) is 41.9 Å². The SMILES string of the molecule is C.Cc1nc(NCc2cnn(Cc3ccnc(C#N)c3)c2)nc2c1NC(=O)[C@H](C(C)C)N2C. The largest absolute Gasteiger partial charge is 0.350 e. The van der Waals surface area contributed by atoms with Crippen LogP contribution in [0.3, 0.4) is 0 Å². The Morgan fingerprint density at radius 1 is 1.30 bits per heavy atom. The molecule has 2 N–H and O–H groups in total. The van der Waals surface area contributed by atoms with Crippen LogP contribution in [0.2, 0.25) is 0 Å². The Morgan fingerprint density at radius 2 is 2.09 bits per heavy atom. The molecule has 1 amide bonds. The molecule has 4 heterocycles. The van der Waals surface area contributed by atoms with E-state index in [1.54, 1.807) is 18.5 Å². The highest BCUT2D eigenvalue weighted by atomic mass is 16.2. The van der Waals surface area contributed by atoms with Crippen molar-refractivity contribution >= 4 is 23.4 Å². The number of aromatic nitrogens is 5. The Hall–Kier alpha value is -4.00. The second-order valence-electron chi connectivity index (χ2n) is 8.18. The standard InChI is InChI=1S/C22H25N9O.CH4/c1-13(2)19-21(32)28-18-14(3)27-22(29-20(18)30(19)4)25-9-16-10-26-31(12-16)11-15-5-6-24-17(7-15)8-23;/h5-7,10,12-13,19H,9,11H2,1-4H3,(H,28,32)(H,25,27,29);1H4/t19-;/m0./s1. The molecule has 172 valence electrons. The Balaban J connectivity index is 0.00000306. The summed E-state index contributed by atoms with van der Waals surface area (Å²) < 4.78 is 1.81. The number of fused-ring (bicyclic) bond motifs is 1. The van der Waals surface area contributed by atoms with Gasteiger partial charge in [0.15, 0.2) is 5.82 Å². The van der Waals surface area contributed by atoms with E-state index in [0.717, 1.165) is 11.1 Å². The fraction of sp³-hybridized carbons (Fsp3) is 0.391. The van der Waals surface area contributed by atoms with Crippen LogP contribution in [0.5, 0.6) is 0 Å². The molecule has 33 heavy (non-hydrogen) atoms. The van der Waals surface area contributed by atoms with Gasteiger partial charge in [0, 0.05) is 31.5 Å². The Kier molecular flexibility index (Phi) is 6.92. The number of nitrogens with zero attached hydrogens (tertiary/aromatic N) is 7. The summed E-state index contributed by atoms with van der Waals surface area (Å²) in [7, 11) is 1.89. The van der Waals surface area contributed by atoms with Crippen molar-refractivity contribution in [2.24, 2.45) is 5.92 Å². The molecule has 1 aliphatic heterocycles. The summed E-state index contributed by atoms with van der Waals surface area (Å²) in [4.78, 5) is 27.5. The van der Waals surface area contributed by atoms with Crippen LogP contribution in [0, 0.1) is 24.2 Å². The maximum absolute atomic E-state index is 12.5. The lowest BCUT2D eigenvalue weighted by molar-refractivity contribution is -0.118. The molecule has 0 unspecified atom stereocenters. The zero-order valence-electron chi connectivity index (χ0n) is 18.5. The number of carbonyl (C=O) groups is 1. The molecular formula is C23H29N9O. The van der Waals surface area contributed by atoms with E-state index in [2.05, 4.69) is 30.7 Å². The first kappa shape index (κ1) is 23.7. The molecule has 1 aliphatic rings. The van der Waals surface area contributed by atoms with Crippen molar-refractivity contribution in [3.8, 4) is 6.07 Å². The van der Waals surface area contributed by atoms with Gasteiger partial charge in [-0.25, -0.2) is 9.97 Å². The third kappa shape index (κ3) is 4.92. The van der Waals surface area contributed by atoms with Gasteiger partial charge in [0.1, 0.15) is 23.5 Å². The number of nitriles is 1. The number of nitrogens with one attached hydrogen (secondary N) is 2. The fourth-order valence-electron chi connectivity index (χ4n) is 3.88. The van der Waals surface area contributed by atoms with Crippen LogP contribution in [0.4, 0.5) is 17.5 Å². The molecule has 0 spiro atoms. The van der Waals surface area contributed by atoms with Crippen molar-refractivity contribution in [2.75, 3.05) is 22.6 Å². The number of hydrogen-bond donors (Lipinski definition) is 2. The van der Waals surface area contributed by atoms with Gasteiger partial charge in [0.05, 0.1) is 18.4 Å². The van der Waals surface area contributed by atoms with E-state index in [1.165, 1.54) is 0 Å². The minimum absolute atomic E-state index is 0. The van der Waals surface area contributed by atoms with E-state index in [1.807, 2.05) is 55.7 Å². The summed E-state index contributed by atoms with van der Waals surface area (Å²) in [6.07, 6.45) is 5.34. The molecule has 4 rings (SSSR count). The third-order valence-electron chi connectivity index (χ3n) is 5.39. The van der Waals surface area contributed by atoms with Gasteiger partial charge in [-0.2, -0.15) is 15.3 Å². The van der Waals surface area contributed by atoms with Crippen LogP contribution in [-0.2, 0) is 17.9 Å². The van der Waals surface area contributed by atoms with Gasteiger partial charge >= 0.3 is 0 Å². The van der Waals surface area contributed by atoms with Gasteiger partial charge in [0.25, 0.3) is 0 Å². The minimum atomic E-state index is -0.280. The van der Waals surface area contributed by atoms with Crippen LogP contribution >= 0.6 is 0 Å². The first-order chi connectivity index (χ1) is 15.4. The maximum Gasteiger partial charge on any atom is 0.247 e. The number of amides is 1. The molecule has 0 saturated heterocycles. The molecule has 0 radical (unpaired) electrons. The van der Waals surface area contributed by atoms with Crippen molar-refractivity contribution in [1.82, 2.24) is 24.7 Å². The van der Waals surface area contributed by atoms with Crippen LogP contribution < -0.4 is 15.5 Å². The predicted octanol–water partition coefficient (Wildman–Crippen LogP) is 2.96. The summed E-state index contributed by atoms with van der Waals surface area (Å²) in [5.41, 5.74) is 3.68. The Labute approximate surface area is 193 Å². The van der Waals surface area contributed by atoms with Crippen LogP contribution in [0.25, 0.3) is 0 Å². The topological polar surface area (TPSA) is 125 Å². The van der Waals surface area contributed by atoms with E-state index >= 15 is 0 Å². The van der Waals surface area contributed by atoms with E-state index in [4.69, 9.17) is 5.26 Å². The number of anilines is 3. The first-order valence-electron chi connectivity index (χ1n) is 10.4. The number of rotatable bonds is 6.